The van der Waals surface area contributed by atoms with Crippen molar-refractivity contribution in [2.45, 2.75) is 74.2 Å². The minimum Gasteiger partial charge on any atom is -0.480 e. The fraction of sp³-hybridized carbons (Fsp3) is 0.484. The van der Waals surface area contributed by atoms with Gasteiger partial charge in [0.1, 0.15) is 12.6 Å². The highest BCUT2D eigenvalue weighted by Crippen LogP contribution is 2.44. The van der Waals surface area contributed by atoms with E-state index in [1.54, 1.807) is 0 Å². The van der Waals surface area contributed by atoms with Crippen LogP contribution in [0.4, 0.5) is 9.59 Å². The van der Waals surface area contributed by atoms with Gasteiger partial charge in [-0.05, 0) is 54.4 Å². The number of alkyl carbamates (subject to hydrolysis) is 1. The summed E-state index contributed by atoms with van der Waals surface area (Å²) in [5, 5.41) is 21.3. The van der Waals surface area contributed by atoms with Crippen molar-refractivity contribution in [1.82, 2.24) is 21.3 Å². The van der Waals surface area contributed by atoms with Gasteiger partial charge in [0.05, 0.1) is 12.1 Å². The number of hydrogen-bond donors (Lipinski definition) is 5. The lowest BCUT2D eigenvalue weighted by atomic mass is 9.98. The molecule has 11 heteroatoms. The summed E-state index contributed by atoms with van der Waals surface area (Å²) in [5.74, 6) is -0.309. The van der Waals surface area contributed by atoms with Crippen LogP contribution in [-0.2, 0) is 14.3 Å². The molecule has 2 aromatic rings. The van der Waals surface area contributed by atoms with E-state index in [2.05, 4.69) is 33.4 Å². The maximum Gasteiger partial charge on any atom is 0.407 e. The van der Waals surface area contributed by atoms with Crippen LogP contribution in [0.15, 0.2) is 48.5 Å². The first-order valence-electron chi connectivity index (χ1n) is 14.7. The summed E-state index contributed by atoms with van der Waals surface area (Å²) < 4.78 is 5.49. The van der Waals surface area contributed by atoms with Gasteiger partial charge in [0.25, 0.3) is 0 Å². The number of hydrogen-bond acceptors (Lipinski definition) is 6. The van der Waals surface area contributed by atoms with E-state index in [4.69, 9.17) is 4.74 Å². The molecule has 42 heavy (non-hydrogen) atoms. The van der Waals surface area contributed by atoms with E-state index < -0.39 is 18.1 Å². The standard InChI is InChI=1S/C31H38N4O6S/c36-27(15-6-5-14-26-28-25(18-42-26)33-30(39)35-28)32-16-8-7-13-24(29(37)38)34-31(40)41-17-23-21-11-3-1-9-19(21)20-10-2-4-12-22(20)23/h1-4,9-12,23-26,28H,5-8,13-18H2,(H,32,36)(H,34,40)(H,37,38)(H2,33,35,39)/t24-,25-,26-,28+/m0/s1. The number of amides is 4. The van der Waals surface area contributed by atoms with Crippen molar-refractivity contribution < 1.29 is 29.0 Å². The molecule has 2 saturated heterocycles. The van der Waals surface area contributed by atoms with Crippen LogP contribution in [0.5, 0.6) is 0 Å². The van der Waals surface area contributed by atoms with Crippen molar-refractivity contribution in [3.63, 3.8) is 0 Å². The molecule has 2 heterocycles. The second-order valence-corrected chi connectivity index (χ2v) is 12.3. The monoisotopic (exact) mass is 594 g/mol. The summed E-state index contributed by atoms with van der Waals surface area (Å²) in [5.41, 5.74) is 4.42. The van der Waals surface area contributed by atoms with Gasteiger partial charge in [-0.2, -0.15) is 11.8 Å². The van der Waals surface area contributed by atoms with Crippen LogP contribution in [0.1, 0.15) is 62.0 Å². The summed E-state index contributed by atoms with van der Waals surface area (Å²) in [6, 6.07) is 15.3. The third-order valence-corrected chi connectivity index (χ3v) is 9.76. The number of carboxylic acids is 1. The molecule has 1 aliphatic carbocycles. The van der Waals surface area contributed by atoms with Crippen molar-refractivity contribution in [1.29, 1.82) is 0 Å². The number of fused-ring (bicyclic) bond motifs is 4. The van der Waals surface area contributed by atoms with E-state index in [1.165, 1.54) is 0 Å². The SMILES string of the molecule is O=C(CCCC[C@@H]1SC[C@@H]2NC(=O)N[C@H]21)NCCCC[C@H](NC(=O)OCC1c2ccccc2-c2ccccc21)C(=O)O. The Morgan fingerprint density at radius 3 is 2.40 bits per heavy atom. The quantitative estimate of drug-likeness (QED) is 0.164. The number of ether oxygens (including phenoxy) is 1. The van der Waals surface area contributed by atoms with Gasteiger partial charge in [-0.25, -0.2) is 14.4 Å². The average molecular weight is 595 g/mol. The Kier molecular flexibility index (Phi) is 9.89. The fourth-order valence-corrected chi connectivity index (χ4v) is 7.65. The van der Waals surface area contributed by atoms with Crippen molar-refractivity contribution in [3.8, 4) is 11.1 Å². The Balaban J connectivity index is 0.954. The molecule has 0 spiro atoms. The lowest BCUT2D eigenvalue weighted by molar-refractivity contribution is -0.139. The maximum absolute atomic E-state index is 12.5. The number of benzene rings is 2. The average Bonchev–Trinajstić information content (AvgIpc) is 3.64. The van der Waals surface area contributed by atoms with Crippen LogP contribution in [0.25, 0.3) is 11.1 Å². The summed E-state index contributed by atoms with van der Waals surface area (Å²) in [6.45, 7) is 0.572. The molecular weight excluding hydrogens is 556 g/mol. The van der Waals surface area contributed by atoms with E-state index in [-0.39, 0.29) is 43.0 Å². The van der Waals surface area contributed by atoms with Gasteiger partial charge >= 0.3 is 18.1 Å². The van der Waals surface area contributed by atoms with E-state index in [0.717, 1.165) is 47.3 Å². The zero-order valence-electron chi connectivity index (χ0n) is 23.5. The number of aliphatic carboxylic acids is 1. The van der Waals surface area contributed by atoms with Crippen molar-refractivity contribution >= 4 is 35.8 Å². The molecule has 2 fully saturated rings. The fourth-order valence-electron chi connectivity index (χ4n) is 6.10. The summed E-state index contributed by atoms with van der Waals surface area (Å²) in [4.78, 5) is 48.0. The number of nitrogens with one attached hydrogen (secondary N) is 4. The molecule has 10 nitrogen and oxygen atoms in total. The molecule has 224 valence electrons. The molecule has 3 aliphatic rings. The number of urea groups is 1. The molecule has 4 amide bonds. The highest BCUT2D eigenvalue weighted by atomic mass is 32.2. The third-order valence-electron chi connectivity index (χ3n) is 8.26. The van der Waals surface area contributed by atoms with Crippen molar-refractivity contribution in [2.75, 3.05) is 18.9 Å². The van der Waals surface area contributed by atoms with Crippen molar-refractivity contribution in [2.24, 2.45) is 0 Å². The highest BCUT2D eigenvalue weighted by Gasteiger charge is 2.42. The first-order chi connectivity index (χ1) is 20.4. The highest BCUT2D eigenvalue weighted by molar-refractivity contribution is 8.00. The first kappa shape index (κ1) is 29.8. The number of carboxylic acid groups (broad SMARTS) is 1. The molecular formula is C31H38N4O6S. The Morgan fingerprint density at radius 2 is 1.69 bits per heavy atom. The number of carbonyl (C=O) groups excluding carboxylic acids is 3. The number of unbranched alkanes of at least 4 members (excludes halogenated alkanes) is 2. The van der Waals surface area contributed by atoms with Crippen molar-refractivity contribution in [3.05, 3.63) is 59.7 Å². The minimum atomic E-state index is -1.12. The second-order valence-electron chi connectivity index (χ2n) is 11.1. The Morgan fingerprint density at radius 1 is 0.976 bits per heavy atom. The summed E-state index contributed by atoms with van der Waals surface area (Å²) in [6.07, 6.45) is 3.74. The van der Waals surface area contributed by atoms with Gasteiger partial charge in [-0.3, -0.25) is 4.79 Å². The molecule has 0 saturated carbocycles. The Hall–Kier alpha value is -3.73. The molecule has 5 N–H and O–H groups in total. The Bertz CT molecular complexity index is 1260. The van der Waals surface area contributed by atoms with E-state index in [1.807, 2.05) is 48.2 Å². The largest absolute Gasteiger partial charge is 0.480 e. The molecule has 4 atom stereocenters. The molecule has 0 aromatic heterocycles. The number of rotatable bonds is 14. The van der Waals surface area contributed by atoms with Crippen LogP contribution in [-0.4, -0.2) is 71.4 Å². The Labute approximate surface area is 249 Å². The number of carbonyl (C=O) groups is 4. The van der Waals surface area contributed by atoms with Crippen LogP contribution >= 0.6 is 11.8 Å². The molecule has 2 aromatic carbocycles. The zero-order chi connectivity index (χ0) is 29.5. The van der Waals surface area contributed by atoms with Gasteiger partial charge in [0.15, 0.2) is 0 Å². The normalized spacial score (nSPS) is 21.0. The van der Waals surface area contributed by atoms with Crippen LogP contribution in [0.2, 0.25) is 0 Å². The third kappa shape index (κ3) is 7.18. The predicted octanol–water partition coefficient (Wildman–Crippen LogP) is 3.99. The predicted molar refractivity (Wildman–Crippen MR) is 160 cm³/mol. The van der Waals surface area contributed by atoms with Gasteiger partial charge < -0.3 is 31.1 Å². The van der Waals surface area contributed by atoms with E-state index in [0.29, 0.717) is 31.1 Å². The van der Waals surface area contributed by atoms with Crippen LogP contribution in [0.3, 0.4) is 0 Å². The van der Waals surface area contributed by atoms with Crippen LogP contribution < -0.4 is 21.3 Å². The molecule has 0 bridgehead atoms. The summed E-state index contributed by atoms with van der Waals surface area (Å²) >= 11 is 1.87. The first-order valence-corrected chi connectivity index (χ1v) is 15.7. The smallest absolute Gasteiger partial charge is 0.407 e. The second kappa shape index (κ2) is 14.0. The molecule has 2 aliphatic heterocycles. The molecule has 0 radical (unpaired) electrons. The zero-order valence-corrected chi connectivity index (χ0v) is 24.3. The lowest BCUT2D eigenvalue weighted by Crippen LogP contribution is -2.41. The lowest BCUT2D eigenvalue weighted by Gasteiger charge is -2.17. The molecule has 0 unspecified atom stereocenters. The van der Waals surface area contributed by atoms with E-state index in [9.17, 15) is 24.3 Å². The van der Waals surface area contributed by atoms with Gasteiger partial charge in [-0.15, -0.1) is 0 Å². The van der Waals surface area contributed by atoms with Gasteiger partial charge in [0.2, 0.25) is 5.91 Å². The maximum atomic E-state index is 12.5. The molecule has 5 rings (SSSR count). The topological polar surface area (TPSA) is 146 Å². The minimum absolute atomic E-state index is 0.0191. The number of thioether (sulfide) groups is 1. The van der Waals surface area contributed by atoms with Gasteiger partial charge in [0, 0.05) is 29.9 Å². The summed E-state index contributed by atoms with van der Waals surface area (Å²) in [7, 11) is 0. The van der Waals surface area contributed by atoms with E-state index >= 15 is 0 Å². The van der Waals surface area contributed by atoms with Gasteiger partial charge in [-0.1, -0.05) is 55.0 Å². The van der Waals surface area contributed by atoms with Crippen LogP contribution in [0, 0.1) is 0 Å².